The van der Waals surface area contributed by atoms with Crippen LogP contribution in [0, 0.1) is 6.92 Å². The van der Waals surface area contributed by atoms with Gasteiger partial charge in [-0.05, 0) is 55.9 Å². The molecule has 0 aromatic carbocycles. The summed E-state index contributed by atoms with van der Waals surface area (Å²) < 4.78 is 41.6. The topological polar surface area (TPSA) is 47.8 Å². The number of rotatable bonds is 1. The zero-order valence-electron chi connectivity index (χ0n) is 14.1. The molecule has 0 unspecified atom stereocenters. The summed E-state index contributed by atoms with van der Waals surface area (Å²) in [6.45, 7) is 1.74. The van der Waals surface area contributed by atoms with E-state index in [0.717, 1.165) is 41.7 Å². The van der Waals surface area contributed by atoms with Gasteiger partial charge in [-0.25, -0.2) is 14.5 Å². The zero-order chi connectivity index (χ0) is 18.5. The molecule has 136 valence electrons. The summed E-state index contributed by atoms with van der Waals surface area (Å²) in [5.74, 6) is -1.27. The lowest BCUT2D eigenvalue weighted by atomic mass is 10.1. The molecule has 0 aliphatic heterocycles. The summed E-state index contributed by atoms with van der Waals surface area (Å²) in [7, 11) is 0. The molecule has 8 heteroatoms. The molecule has 0 atom stereocenters. The van der Waals surface area contributed by atoms with Crippen molar-refractivity contribution in [3.05, 3.63) is 50.5 Å². The summed E-state index contributed by atoms with van der Waals surface area (Å²) in [6, 6.07) is 3.14. The molecular formula is C18H16F3N3OS. The summed E-state index contributed by atoms with van der Waals surface area (Å²) in [4.78, 5) is 22.2. The average Bonchev–Trinajstić information content (AvgIpc) is 2.76. The van der Waals surface area contributed by atoms with E-state index in [1.54, 1.807) is 13.0 Å². The van der Waals surface area contributed by atoms with Gasteiger partial charge in [0.25, 0.3) is 5.56 Å². The number of alkyl halides is 3. The number of thiophene rings is 1. The van der Waals surface area contributed by atoms with Crippen LogP contribution < -0.4 is 5.56 Å². The van der Waals surface area contributed by atoms with Gasteiger partial charge in [0.1, 0.15) is 10.6 Å². The predicted molar refractivity (Wildman–Crippen MR) is 94.0 cm³/mol. The SMILES string of the molecule is Cc1ccnc(-n2c(C(F)(F)F)nc3sc4c(c3c2=O)CCCCC4)c1. The van der Waals surface area contributed by atoms with Crippen molar-refractivity contribution in [2.75, 3.05) is 0 Å². The normalized spacial score (nSPS) is 15.1. The number of aromatic nitrogens is 3. The van der Waals surface area contributed by atoms with Gasteiger partial charge in [-0.2, -0.15) is 13.2 Å². The van der Waals surface area contributed by atoms with Crippen LogP contribution in [0.1, 0.15) is 41.1 Å². The fourth-order valence-electron chi connectivity index (χ4n) is 3.43. The van der Waals surface area contributed by atoms with Gasteiger partial charge in [-0.15, -0.1) is 11.3 Å². The quantitative estimate of drug-likeness (QED) is 0.588. The van der Waals surface area contributed by atoms with Gasteiger partial charge in [0.2, 0.25) is 5.82 Å². The standard InChI is InChI=1S/C18H16F3N3OS/c1-10-7-8-22-13(9-10)24-16(25)14-11-5-3-2-4-6-12(11)26-15(14)23-17(24)18(19,20)21/h7-9H,2-6H2,1H3. The van der Waals surface area contributed by atoms with E-state index in [4.69, 9.17) is 0 Å². The van der Waals surface area contributed by atoms with Crippen LogP contribution in [-0.2, 0) is 19.0 Å². The highest BCUT2D eigenvalue weighted by molar-refractivity contribution is 7.18. The molecule has 4 rings (SSSR count). The third-order valence-electron chi connectivity index (χ3n) is 4.62. The molecule has 0 amide bonds. The number of aryl methyl sites for hydroxylation is 3. The summed E-state index contributed by atoms with van der Waals surface area (Å²) in [5.41, 5.74) is 0.911. The maximum absolute atomic E-state index is 13.6. The van der Waals surface area contributed by atoms with Crippen molar-refractivity contribution in [2.24, 2.45) is 0 Å². The van der Waals surface area contributed by atoms with E-state index >= 15 is 0 Å². The Bertz CT molecular complexity index is 1050. The lowest BCUT2D eigenvalue weighted by Crippen LogP contribution is -2.29. The molecule has 4 nitrogen and oxygen atoms in total. The fourth-order valence-corrected chi connectivity index (χ4v) is 4.68. The molecule has 1 aliphatic carbocycles. The van der Waals surface area contributed by atoms with Gasteiger partial charge in [-0.3, -0.25) is 4.79 Å². The van der Waals surface area contributed by atoms with Crippen molar-refractivity contribution < 1.29 is 13.2 Å². The molecule has 0 saturated heterocycles. The lowest BCUT2D eigenvalue weighted by Gasteiger charge is -2.14. The summed E-state index contributed by atoms with van der Waals surface area (Å²) in [6.07, 6.45) is 1.13. The highest BCUT2D eigenvalue weighted by atomic mass is 32.1. The van der Waals surface area contributed by atoms with Crippen molar-refractivity contribution >= 4 is 21.6 Å². The molecule has 0 spiro atoms. The van der Waals surface area contributed by atoms with Crippen LogP contribution in [0.2, 0.25) is 0 Å². The number of nitrogens with zero attached hydrogens (tertiary/aromatic N) is 3. The Morgan fingerprint density at radius 3 is 2.69 bits per heavy atom. The van der Waals surface area contributed by atoms with Crippen molar-refractivity contribution in [1.82, 2.24) is 14.5 Å². The van der Waals surface area contributed by atoms with E-state index in [9.17, 15) is 18.0 Å². The number of pyridine rings is 1. The first-order valence-corrected chi connectivity index (χ1v) is 9.25. The van der Waals surface area contributed by atoms with E-state index in [1.807, 2.05) is 0 Å². The Hall–Kier alpha value is -2.22. The molecule has 3 aromatic heterocycles. The number of hydrogen-bond donors (Lipinski definition) is 0. The van der Waals surface area contributed by atoms with Gasteiger partial charge < -0.3 is 0 Å². The predicted octanol–water partition coefficient (Wildman–Crippen LogP) is 4.44. The van der Waals surface area contributed by atoms with Crippen molar-refractivity contribution in [2.45, 2.75) is 45.2 Å². The van der Waals surface area contributed by atoms with E-state index in [1.165, 1.54) is 23.6 Å². The molecule has 0 bridgehead atoms. The van der Waals surface area contributed by atoms with Crippen molar-refractivity contribution in [3.63, 3.8) is 0 Å². The second-order valence-corrected chi connectivity index (χ2v) is 7.59. The van der Waals surface area contributed by atoms with Crippen LogP contribution in [0.4, 0.5) is 13.2 Å². The highest BCUT2D eigenvalue weighted by Crippen LogP contribution is 2.36. The van der Waals surface area contributed by atoms with E-state index in [0.29, 0.717) is 16.4 Å². The third kappa shape index (κ3) is 2.82. The Morgan fingerprint density at radius 1 is 1.19 bits per heavy atom. The monoisotopic (exact) mass is 379 g/mol. The zero-order valence-corrected chi connectivity index (χ0v) is 14.9. The Morgan fingerprint density at radius 2 is 1.96 bits per heavy atom. The van der Waals surface area contributed by atoms with Gasteiger partial charge in [0.05, 0.1) is 5.39 Å². The molecule has 0 fully saturated rings. The van der Waals surface area contributed by atoms with Crippen LogP contribution in [0.5, 0.6) is 0 Å². The Balaban J connectivity index is 2.09. The molecule has 0 N–H and O–H groups in total. The molecule has 1 aliphatic rings. The van der Waals surface area contributed by atoms with Crippen LogP contribution in [0.25, 0.3) is 16.0 Å². The molecule has 3 heterocycles. The summed E-state index contributed by atoms with van der Waals surface area (Å²) >= 11 is 1.22. The van der Waals surface area contributed by atoms with Gasteiger partial charge in [-0.1, -0.05) is 6.42 Å². The van der Waals surface area contributed by atoms with Crippen LogP contribution in [-0.4, -0.2) is 14.5 Å². The van der Waals surface area contributed by atoms with Gasteiger partial charge in [0.15, 0.2) is 0 Å². The third-order valence-corrected chi connectivity index (χ3v) is 5.81. The van der Waals surface area contributed by atoms with Gasteiger partial charge >= 0.3 is 6.18 Å². The molecule has 26 heavy (non-hydrogen) atoms. The second-order valence-electron chi connectivity index (χ2n) is 6.51. The molecule has 3 aromatic rings. The maximum Gasteiger partial charge on any atom is 0.450 e. The first kappa shape index (κ1) is 17.2. The van der Waals surface area contributed by atoms with Crippen LogP contribution in [0.15, 0.2) is 23.1 Å². The first-order chi connectivity index (χ1) is 12.4. The van der Waals surface area contributed by atoms with E-state index < -0.39 is 17.6 Å². The van der Waals surface area contributed by atoms with Crippen molar-refractivity contribution in [3.8, 4) is 5.82 Å². The molecule has 0 radical (unpaired) electrons. The molecular weight excluding hydrogens is 363 g/mol. The second kappa shape index (κ2) is 6.19. The highest BCUT2D eigenvalue weighted by Gasteiger charge is 2.39. The van der Waals surface area contributed by atoms with Crippen molar-refractivity contribution in [1.29, 1.82) is 0 Å². The number of fused-ring (bicyclic) bond motifs is 3. The van der Waals surface area contributed by atoms with E-state index in [2.05, 4.69) is 9.97 Å². The largest absolute Gasteiger partial charge is 0.450 e. The minimum absolute atomic E-state index is 0.0507. The summed E-state index contributed by atoms with van der Waals surface area (Å²) in [5, 5.41) is 0.322. The Labute approximate surface area is 151 Å². The van der Waals surface area contributed by atoms with Crippen LogP contribution >= 0.6 is 11.3 Å². The van der Waals surface area contributed by atoms with Gasteiger partial charge in [0, 0.05) is 11.1 Å². The van der Waals surface area contributed by atoms with E-state index in [-0.39, 0.29) is 10.6 Å². The number of halogens is 3. The maximum atomic E-state index is 13.6. The molecule has 0 saturated carbocycles. The minimum Gasteiger partial charge on any atom is -0.268 e. The average molecular weight is 379 g/mol. The lowest BCUT2D eigenvalue weighted by molar-refractivity contribution is -0.146. The number of hydrogen-bond acceptors (Lipinski definition) is 4. The fraction of sp³-hybridized carbons (Fsp3) is 0.389. The Kier molecular flexibility index (Phi) is 4.10. The van der Waals surface area contributed by atoms with Crippen LogP contribution in [0.3, 0.4) is 0 Å². The smallest absolute Gasteiger partial charge is 0.268 e. The first-order valence-electron chi connectivity index (χ1n) is 8.44. The minimum atomic E-state index is -4.75.